The van der Waals surface area contributed by atoms with E-state index in [0.717, 1.165) is 0 Å². The van der Waals surface area contributed by atoms with Crippen LogP contribution in [0.1, 0.15) is 17.3 Å². The van der Waals surface area contributed by atoms with Crippen molar-refractivity contribution < 1.29 is 17.9 Å². The lowest BCUT2D eigenvalue weighted by Gasteiger charge is -2.16. The van der Waals surface area contributed by atoms with Gasteiger partial charge in [0.25, 0.3) is 0 Å². The molecular weight excluding hydrogens is 273 g/mol. The number of hydrazine groups is 1. The first-order valence-electron chi connectivity index (χ1n) is 5.57. The molecule has 0 fully saturated rings. The van der Waals surface area contributed by atoms with Crippen molar-refractivity contribution in [1.29, 1.82) is 0 Å². The van der Waals surface area contributed by atoms with E-state index in [4.69, 9.17) is 5.84 Å². The molecule has 0 aliphatic heterocycles. The lowest BCUT2D eigenvalue weighted by atomic mass is 10.0. The third-order valence-corrected chi connectivity index (χ3v) is 2.49. The number of rotatable bonds is 4. The van der Waals surface area contributed by atoms with E-state index >= 15 is 0 Å². The molecule has 3 N–H and O–H groups in total. The fraction of sp³-hybridized carbons (Fsp3) is 0.167. The first-order valence-corrected chi connectivity index (χ1v) is 5.57. The molecule has 0 amide bonds. The predicted molar refractivity (Wildman–Crippen MR) is 64.3 cm³/mol. The van der Waals surface area contributed by atoms with Crippen molar-refractivity contribution in [3.8, 4) is 5.75 Å². The maximum atomic E-state index is 12.1. The zero-order chi connectivity index (χ0) is 14.6. The topological polar surface area (TPSA) is 73.1 Å². The molecule has 106 valence electrons. The highest BCUT2D eigenvalue weighted by Crippen LogP contribution is 2.25. The maximum absolute atomic E-state index is 12.1. The molecule has 0 saturated carbocycles. The minimum absolute atomic E-state index is 0.295. The molecule has 8 heteroatoms. The summed E-state index contributed by atoms with van der Waals surface area (Å²) in [6.07, 6.45) is -0.180. The lowest BCUT2D eigenvalue weighted by molar-refractivity contribution is -0.274. The van der Waals surface area contributed by atoms with Gasteiger partial charge < -0.3 is 4.74 Å². The van der Waals surface area contributed by atoms with E-state index in [0.29, 0.717) is 11.3 Å². The maximum Gasteiger partial charge on any atom is 0.573 e. The number of hydrogen-bond donors (Lipinski definition) is 2. The van der Waals surface area contributed by atoms with Crippen molar-refractivity contribution >= 4 is 0 Å². The number of aromatic nitrogens is 2. The Morgan fingerprint density at radius 1 is 1.15 bits per heavy atom. The van der Waals surface area contributed by atoms with Crippen molar-refractivity contribution in [3.05, 3.63) is 54.1 Å². The quantitative estimate of drug-likeness (QED) is 0.663. The van der Waals surface area contributed by atoms with Crippen LogP contribution in [0.2, 0.25) is 0 Å². The summed E-state index contributed by atoms with van der Waals surface area (Å²) in [6.45, 7) is 0. The minimum Gasteiger partial charge on any atom is -0.406 e. The smallest absolute Gasteiger partial charge is 0.406 e. The van der Waals surface area contributed by atoms with E-state index in [1.165, 1.54) is 42.9 Å². The molecule has 20 heavy (non-hydrogen) atoms. The molecule has 5 nitrogen and oxygen atoms in total. The number of nitrogens with zero attached hydrogens (tertiary/aromatic N) is 2. The Labute approximate surface area is 112 Å². The fourth-order valence-corrected chi connectivity index (χ4v) is 1.67. The van der Waals surface area contributed by atoms with Crippen molar-refractivity contribution in [3.63, 3.8) is 0 Å². The number of ether oxygens (including phenoxy) is 1. The van der Waals surface area contributed by atoms with E-state index in [-0.39, 0.29) is 5.75 Å². The number of benzene rings is 1. The van der Waals surface area contributed by atoms with Gasteiger partial charge in [0, 0.05) is 12.4 Å². The Kier molecular flexibility index (Phi) is 4.16. The SMILES string of the molecule is NNC(c1ccc(OC(F)(F)F)cc1)c1cnccn1. The summed E-state index contributed by atoms with van der Waals surface area (Å²) in [5.74, 6) is 5.15. The molecule has 0 saturated heterocycles. The van der Waals surface area contributed by atoms with Gasteiger partial charge in [0.05, 0.1) is 17.9 Å². The molecule has 1 heterocycles. The number of nitrogens with two attached hydrogens (primary N) is 1. The van der Waals surface area contributed by atoms with E-state index in [1.807, 2.05) is 0 Å². The second-order valence-corrected chi connectivity index (χ2v) is 3.85. The first kappa shape index (κ1) is 14.2. The van der Waals surface area contributed by atoms with Crippen LogP contribution in [0.25, 0.3) is 0 Å². The van der Waals surface area contributed by atoms with E-state index in [9.17, 15) is 13.2 Å². The van der Waals surface area contributed by atoms with Crippen LogP contribution in [0, 0.1) is 0 Å². The Morgan fingerprint density at radius 3 is 2.35 bits per heavy atom. The molecule has 0 radical (unpaired) electrons. The van der Waals surface area contributed by atoms with Gasteiger partial charge in [-0.1, -0.05) is 12.1 Å². The highest BCUT2D eigenvalue weighted by molar-refractivity contribution is 5.32. The Hall–Kier alpha value is -2.19. The number of hydrogen-bond acceptors (Lipinski definition) is 5. The van der Waals surface area contributed by atoms with Gasteiger partial charge in [-0.05, 0) is 17.7 Å². The zero-order valence-electron chi connectivity index (χ0n) is 10.1. The van der Waals surface area contributed by atoms with Gasteiger partial charge in [0.1, 0.15) is 5.75 Å². The van der Waals surface area contributed by atoms with Crippen LogP contribution in [0.5, 0.6) is 5.75 Å². The largest absolute Gasteiger partial charge is 0.573 e. The summed E-state index contributed by atoms with van der Waals surface area (Å²) in [5, 5.41) is 0. The standard InChI is InChI=1S/C12H11F3N4O/c13-12(14,15)20-9-3-1-8(2-4-9)11(19-16)10-7-17-5-6-18-10/h1-7,11,19H,16H2. The Morgan fingerprint density at radius 2 is 1.85 bits per heavy atom. The van der Waals surface area contributed by atoms with Gasteiger partial charge in [-0.3, -0.25) is 15.8 Å². The molecule has 0 bridgehead atoms. The molecule has 1 atom stereocenters. The monoisotopic (exact) mass is 284 g/mol. The fourth-order valence-electron chi connectivity index (χ4n) is 1.67. The average molecular weight is 284 g/mol. The molecular formula is C12H11F3N4O. The summed E-state index contributed by atoms with van der Waals surface area (Å²) in [4.78, 5) is 8.01. The van der Waals surface area contributed by atoms with Gasteiger partial charge >= 0.3 is 6.36 Å². The molecule has 0 aliphatic carbocycles. The molecule has 2 aromatic rings. The Bertz CT molecular complexity index is 545. The van der Waals surface area contributed by atoms with Gasteiger partial charge in [0.2, 0.25) is 0 Å². The van der Waals surface area contributed by atoms with Crippen LogP contribution in [-0.4, -0.2) is 16.3 Å². The predicted octanol–water partition coefficient (Wildman–Crippen LogP) is 1.93. The molecule has 0 spiro atoms. The summed E-state index contributed by atoms with van der Waals surface area (Å²) in [6, 6.07) is 4.90. The van der Waals surface area contributed by atoms with Crippen molar-refractivity contribution in [1.82, 2.24) is 15.4 Å². The van der Waals surface area contributed by atoms with Crippen LogP contribution in [0.15, 0.2) is 42.9 Å². The third-order valence-electron chi connectivity index (χ3n) is 2.49. The zero-order valence-corrected chi connectivity index (χ0v) is 10.1. The first-order chi connectivity index (χ1) is 9.49. The average Bonchev–Trinajstić information content (AvgIpc) is 2.41. The minimum atomic E-state index is -4.71. The van der Waals surface area contributed by atoms with Crippen molar-refractivity contribution in [2.75, 3.05) is 0 Å². The lowest BCUT2D eigenvalue weighted by Crippen LogP contribution is -2.29. The normalized spacial score (nSPS) is 13.0. The van der Waals surface area contributed by atoms with Crippen LogP contribution >= 0.6 is 0 Å². The van der Waals surface area contributed by atoms with Crippen LogP contribution in [-0.2, 0) is 0 Å². The Balaban J connectivity index is 2.20. The van der Waals surface area contributed by atoms with Gasteiger partial charge in [-0.15, -0.1) is 13.2 Å². The van der Waals surface area contributed by atoms with Gasteiger partial charge in [-0.25, -0.2) is 5.43 Å². The summed E-state index contributed by atoms with van der Waals surface area (Å²) < 4.78 is 40.0. The van der Waals surface area contributed by atoms with Crippen LogP contribution in [0.4, 0.5) is 13.2 Å². The van der Waals surface area contributed by atoms with Crippen LogP contribution in [0.3, 0.4) is 0 Å². The summed E-state index contributed by atoms with van der Waals surface area (Å²) in [5.41, 5.74) is 3.73. The van der Waals surface area contributed by atoms with E-state index in [1.54, 1.807) is 0 Å². The number of halogens is 3. The van der Waals surface area contributed by atoms with Gasteiger partial charge in [-0.2, -0.15) is 0 Å². The highest BCUT2D eigenvalue weighted by Gasteiger charge is 2.31. The molecule has 1 aromatic carbocycles. The number of alkyl halides is 3. The second-order valence-electron chi connectivity index (χ2n) is 3.85. The molecule has 0 aliphatic rings. The number of nitrogens with one attached hydrogen (secondary N) is 1. The summed E-state index contributed by atoms with van der Waals surface area (Å²) >= 11 is 0. The highest BCUT2D eigenvalue weighted by atomic mass is 19.4. The van der Waals surface area contributed by atoms with Crippen LogP contribution < -0.4 is 16.0 Å². The van der Waals surface area contributed by atoms with Crippen molar-refractivity contribution in [2.24, 2.45) is 5.84 Å². The van der Waals surface area contributed by atoms with E-state index < -0.39 is 12.4 Å². The van der Waals surface area contributed by atoms with Crippen molar-refractivity contribution in [2.45, 2.75) is 12.4 Å². The summed E-state index contributed by atoms with van der Waals surface area (Å²) in [7, 11) is 0. The molecule has 1 aromatic heterocycles. The molecule has 1 unspecified atom stereocenters. The molecule has 2 rings (SSSR count). The third kappa shape index (κ3) is 3.65. The van der Waals surface area contributed by atoms with E-state index in [2.05, 4.69) is 20.1 Å². The second kappa shape index (κ2) is 5.85. The van der Waals surface area contributed by atoms with Gasteiger partial charge in [0.15, 0.2) is 0 Å².